The summed E-state index contributed by atoms with van der Waals surface area (Å²) in [7, 11) is 0. The molecule has 2 rings (SSSR count). The summed E-state index contributed by atoms with van der Waals surface area (Å²) in [5.74, 6) is 0.826. The van der Waals surface area contributed by atoms with E-state index >= 15 is 0 Å². The molecule has 0 atom stereocenters. The molecule has 3 heteroatoms. The fourth-order valence-corrected chi connectivity index (χ4v) is 3.07. The van der Waals surface area contributed by atoms with E-state index in [1.165, 1.54) is 0 Å². The average Bonchev–Trinajstić information content (AvgIpc) is 2.42. The number of hydrogen-bond donors (Lipinski definition) is 2. The minimum absolute atomic E-state index is 0.123. The van der Waals surface area contributed by atoms with E-state index < -0.39 is 5.60 Å². The third-order valence-corrected chi connectivity index (χ3v) is 4.06. The Kier molecular flexibility index (Phi) is 5.06. The third-order valence-electron chi connectivity index (χ3n) is 4.06. The molecule has 1 fully saturated rings. The van der Waals surface area contributed by atoms with Crippen molar-refractivity contribution in [3.05, 3.63) is 29.8 Å². The second-order valence-electron chi connectivity index (χ2n) is 6.03. The lowest BCUT2D eigenvalue weighted by Crippen LogP contribution is -2.40. The first kappa shape index (κ1) is 15.3. The van der Waals surface area contributed by atoms with Crippen LogP contribution in [0.25, 0.3) is 0 Å². The molecule has 1 saturated carbocycles. The Labute approximate surface area is 122 Å². The van der Waals surface area contributed by atoms with Crippen molar-refractivity contribution >= 4 is 0 Å². The number of benzene rings is 1. The number of hydrogen-bond acceptors (Lipinski definition) is 3. The van der Waals surface area contributed by atoms with E-state index in [1.807, 2.05) is 38.1 Å². The van der Waals surface area contributed by atoms with Gasteiger partial charge >= 0.3 is 0 Å². The highest BCUT2D eigenvalue weighted by Gasteiger charge is 2.36. The monoisotopic (exact) mass is 277 g/mol. The summed E-state index contributed by atoms with van der Waals surface area (Å²) in [5.41, 5.74) is 0.209. The molecule has 1 aromatic carbocycles. The second kappa shape index (κ2) is 6.59. The average molecular weight is 277 g/mol. The maximum absolute atomic E-state index is 11.0. The van der Waals surface area contributed by atoms with Crippen LogP contribution in [-0.2, 0) is 5.60 Å². The first-order valence-electron chi connectivity index (χ1n) is 7.77. The van der Waals surface area contributed by atoms with Gasteiger partial charge in [0.05, 0.1) is 11.7 Å². The van der Waals surface area contributed by atoms with E-state index in [0.29, 0.717) is 6.04 Å². The zero-order valence-electron chi connectivity index (χ0n) is 12.9. The summed E-state index contributed by atoms with van der Waals surface area (Å²) >= 11 is 0. The lowest BCUT2D eigenvalue weighted by molar-refractivity contribution is -0.0110. The van der Waals surface area contributed by atoms with Crippen LogP contribution in [0.1, 0.15) is 52.0 Å². The predicted octanol–water partition coefficient (Wildman–Crippen LogP) is 3.21. The third kappa shape index (κ3) is 3.53. The SMILES string of the molecule is CCNC1CCC(O)(c2ccccc2OC(C)C)CC1. The molecule has 1 aliphatic carbocycles. The fraction of sp³-hybridized carbons (Fsp3) is 0.647. The minimum Gasteiger partial charge on any atom is -0.491 e. The molecule has 0 spiro atoms. The van der Waals surface area contributed by atoms with Gasteiger partial charge in [0.1, 0.15) is 5.75 Å². The van der Waals surface area contributed by atoms with E-state index in [2.05, 4.69) is 12.2 Å². The summed E-state index contributed by atoms with van der Waals surface area (Å²) < 4.78 is 5.86. The molecular formula is C17H27NO2. The van der Waals surface area contributed by atoms with Crippen LogP contribution in [0, 0.1) is 0 Å². The largest absolute Gasteiger partial charge is 0.491 e. The van der Waals surface area contributed by atoms with Gasteiger partial charge in [0.25, 0.3) is 0 Å². The van der Waals surface area contributed by atoms with Crippen molar-refractivity contribution in [2.75, 3.05) is 6.54 Å². The van der Waals surface area contributed by atoms with Gasteiger partial charge < -0.3 is 15.2 Å². The topological polar surface area (TPSA) is 41.5 Å². The van der Waals surface area contributed by atoms with Gasteiger partial charge in [0.2, 0.25) is 0 Å². The van der Waals surface area contributed by atoms with Crippen molar-refractivity contribution in [3.8, 4) is 5.75 Å². The van der Waals surface area contributed by atoms with E-state index in [0.717, 1.165) is 43.5 Å². The molecule has 0 aromatic heterocycles. The van der Waals surface area contributed by atoms with Gasteiger partial charge in [-0.3, -0.25) is 0 Å². The van der Waals surface area contributed by atoms with Gasteiger partial charge in [-0.25, -0.2) is 0 Å². The predicted molar refractivity (Wildman–Crippen MR) is 82.0 cm³/mol. The summed E-state index contributed by atoms with van der Waals surface area (Å²) in [4.78, 5) is 0. The molecular weight excluding hydrogens is 250 g/mol. The van der Waals surface area contributed by atoms with Crippen molar-refractivity contribution in [2.24, 2.45) is 0 Å². The lowest BCUT2D eigenvalue weighted by atomic mass is 9.77. The Morgan fingerprint density at radius 3 is 2.55 bits per heavy atom. The van der Waals surface area contributed by atoms with E-state index in [4.69, 9.17) is 4.74 Å². The van der Waals surface area contributed by atoms with E-state index in [-0.39, 0.29) is 6.10 Å². The highest BCUT2D eigenvalue weighted by atomic mass is 16.5. The Morgan fingerprint density at radius 2 is 1.95 bits per heavy atom. The quantitative estimate of drug-likeness (QED) is 0.868. The number of ether oxygens (including phenoxy) is 1. The van der Waals surface area contributed by atoms with Crippen LogP contribution in [0.4, 0.5) is 0 Å². The van der Waals surface area contributed by atoms with Crippen molar-refractivity contribution in [1.29, 1.82) is 0 Å². The Hall–Kier alpha value is -1.06. The van der Waals surface area contributed by atoms with Gasteiger partial charge in [-0.1, -0.05) is 25.1 Å². The first-order valence-corrected chi connectivity index (χ1v) is 7.77. The van der Waals surface area contributed by atoms with Crippen LogP contribution in [-0.4, -0.2) is 23.8 Å². The van der Waals surface area contributed by atoms with Gasteiger partial charge in [0, 0.05) is 11.6 Å². The standard InChI is InChI=1S/C17H27NO2/c1-4-18-14-9-11-17(19,12-10-14)15-7-5-6-8-16(15)20-13(2)3/h5-8,13-14,18-19H,4,9-12H2,1-3H3. The van der Waals surface area contributed by atoms with Gasteiger partial charge in [-0.2, -0.15) is 0 Å². The van der Waals surface area contributed by atoms with E-state index in [1.54, 1.807) is 0 Å². The number of rotatable bonds is 5. The summed E-state index contributed by atoms with van der Waals surface area (Å²) in [5, 5.41) is 14.5. The van der Waals surface area contributed by atoms with Crippen molar-refractivity contribution in [3.63, 3.8) is 0 Å². The molecule has 2 N–H and O–H groups in total. The van der Waals surface area contributed by atoms with Gasteiger partial charge in [0.15, 0.2) is 0 Å². The van der Waals surface area contributed by atoms with Crippen molar-refractivity contribution in [2.45, 2.75) is 64.2 Å². The molecule has 0 saturated heterocycles. The fourth-order valence-electron chi connectivity index (χ4n) is 3.07. The zero-order chi connectivity index (χ0) is 14.6. The molecule has 1 aromatic rings. The Balaban J connectivity index is 2.14. The molecule has 0 amide bonds. The van der Waals surface area contributed by atoms with Gasteiger partial charge in [-0.15, -0.1) is 0 Å². The van der Waals surface area contributed by atoms with Crippen LogP contribution in [0.3, 0.4) is 0 Å². The smallest absolute Gasteiger partial charge is 0.125 e. The van der Waals surface area contributed by atoms with Crippen LogP contribution in [0.5, 0.6) is 5.75 Å². The zero-order valence-corrected chi connectivity index (χ0v) is 12.9. The highest BCUT2D eigenvalue weighted by molar-refractivity contribution is 5.38. The minimum atomic E-state index is -0.739. The molecule has 20 heavy (non-hydrogen) atoms. The van der Waals surface area contributed by atoms with Gasteiger partial charge in [-0.05, 0) is 52.1 Å². The molecule has 3 nitrogen and oxygen atoms in total. The molecule has 0 unspecified atom stereocenters. The van der Waals surface area contributed by atoms with Crippen molar-refractivity contribution in [1.82, 2.24) is 5.32 Å². The number of para-hydroxylation sites is 1. The molecule has 0 aliphatic heterocycles. The summed E-state index contributed by atoms with van der Waals surface area (Å²) in [6, 6.07) is 8.46. The molecule has 0 radical (unpaired) electrons. The molecule has 0 bridgehead atoms. The van der Waals surface area contributed by atoms with Crippen LogP contribution >= 0.6 is 0 Å². The lowest BCUT2D eigenvalue weighted by Gasteiger charge is -2.37. The van der Waals surface area contributed by atoms with Crippen molar-refractivity contribution < 1.29 is 9.84 Å². The summed E-state index contributed by atoms with van der Waals surface area (Å²) in [6.07, 6.45) is 3.74. The molecule has 0 heterocycles. The number of nitrogens with one attached hydrogen (secondary N) is 1. The normalized spacial score (nSPS) is 26.8. The van der Waals surface area contributed by atoms with Crippen LogP contribution in [0.2, 0.25) is 0 Å². The van der Waals surface area contributed by atoms with Crippen LogP contribution in [0.15, 0.2) is 24.3 Å². The molecule has 1 aliphatic rings. The summed E-state index contributed by atoms with van der Waals surface area (Å²) in [6.45, 7) is 7.16. The number of aliphatic hydroxyl groups is 1. The maximum Gasteiger partial charge on any atom is 0.125 e. The van der Waals surface area contributed by atoms with E-state index in [9.17, 15) is 5.11 Å². The second-order valence-corrected chi connectivity index (χ2v) is 6.03. The Bertz CT molecular complexity index is 423. The molecule has 112 valence electrons. The van der Waals surface area contributed by atoms with Crippen LogP contribution < -0.4 is 10.1 Å². The maximum atomic E-state index is 11.0. The first-order chi connectivity index (χ1) is 9.55. The highest BCUT2D eigenvalue weighted by Crippen LogP contribution is 2.41. The Morgan fingerprint density at radius 1 is 1.30 bits per heavy atom.